The van der Waals surface area contributed by atoms with Crippen LogP contribution < -0.4 is 0 Å². The molecular formula is C8H17NO2. The smallest absolute Gasteiger partial charge is 0.0799 e. The number of hydrogen-bond donors (Lipinski definition) is 2. The Labute approximate surface area is 67.6 Å². The molecule has 0 bridgehead atoms. The van der Waals surface area contributed by atoms with Crippen molar-refractivity contribution >= 4 is 0 Å². The molecule has 1 fully saturated rings. The van der Waals surface area contributed by atoms with Crippen molar-refractivity contribution in [2.75, 3.05) is 26.7 Å². The van der Waals surface area contributed by atoms with Crippen LogP contribution >= 0.6 is 0 Å². The first-order chi connectivity index (χ1) is 5.24. The maximum atomic E-state index is 9.30. The average molecular weight is 159 g/mol. The lowest BCUT2D eigenvalue weighted by molar-refractivity contribution is 0.0220. The highest BCUT2D eigenvalue weighted by Gasteiger charge is 2.22. The molecule has 0 radical (unpaired) electrons. The first-order valence-electron chi connectivity index (χ1n) is 4.21. The fraction of sp³-hybridized carbons (Fsp3) is 1.00. The normalized spacial score (nSPS) is 25.4. The largest absolute Gasteiger partial charge is 0.394 e. The second-order valence-corrected chi connectivity index (χ2v) is 3.39. The zero-order valence-electron chi connectivity index (χ0n) is 7.03. The van der Waals surface area contributed by atoms with Crippen LogP contribution in [0.2, 0.25) is 0 Å². The van der Waals surface area contributed by atoms with Crippen molar-refractivity contribution in [3.05, 3.63) is 0 Å². The highest BCUT2D eigenvalue weighted by atomic mass is 16.3. The maximum Gasteiger partial charge on any atom is 0.0799 e. The Kier molecular flexibility index (Phi) is 3.30. The highest BCUT2D eigenvalue weighted by Crippen LogP contribution is 2.19. The molecule has 1 heterocycles. The van der Waals surface area contributed by atoms with Gasteiger partial charge in [0.15, 0.2) is 0 Å². The van der Waals surface area contributed by atoms with Gasteiger partial charge in [-0.25, -0.2) is 0 Å². The molecule has 0 aliphatic carbocycles. The molecule has 1 aliphatic heterocycles. The predicted octanol–water partition coefficient (Wildman–Crippen LogP) is -0.319. The molecule has 1 saturated heterocycles. The van der Waals surface area contributed by atoms with Gasteiger partial charge in [-0.15, -0.1) is 0 Å². The highest BCUT2D eigenvalue weighted by molar-refractivity contribution is 4.75. The Balaban J connectivity index is 2.27. The van der Waals surface area contributed by atoms with Crippen LogP contribution in [0.25, 0.3) is 0 Å². The van der Waals surface area contributed by atoms with Gasteiger partial charge in [-0.2, -0.15) is 0 Å². The van der Waals surface area contributed by atoms with Gasteiger partial charge in [0.25, 0.3) is 0 Å². The minimum atomic E-state index is -0.497. The van der Waals surface area contributed by atoms with E-state index in [0.29, 0.717) is 5.92 Å². The summed E-state index contributed by atoms with van der Waals surface area (Å²) < 4.78 is 0. The number of likely N-dealkylation sites (tertiary alicyclic amines) is 1. The number of piperidine rings is 1. The molecule has 1 rings (SSSR count). The van der Waals surface area contributed by atoms with E-state index in [9.17, 15) is 5.11 Å². The van der Waals surface area contributed by atoms with Crippen molar-refractivity contribution in [2.45, 2.75) is 18.9 Å². The second-order valence-electron chi connectivity index (χ2n) is 3.39. The molecule has 0 spiro atoms. The van der Waals surface area contributed by atoms with Gasteiger partial charge in [0.1, 0.15) is 0 Å². The van der Waals surface area contributed by atoms with E-state index in [0.717, 1.165) is 25.9 Å². The SMILES string of the molecule is CN1CCC(C(O)CO)CC1. The zero-order valence-corrected chi connectivity index (χ0v) is 7.03. The lowest BCUT2D eigenvalue weighted by Crippen LogP contribution is -2.36. The van der Waals surface area contributed by atoms with Crippen LogP contribution in [0, 0.1) is 5.92 Å². The quantitative estimate of drug-likeness (QED) is 0.580. The molecule has 3 nitrogen and oxygen atoms in total. The van der Waals surface area contributed by atoms with E-state index in [1.54, 1.807) is 0 Å². The van der Waals surface area contributed by atoms with Crippen LogP contribution in [0.4, 0.5) is 0 Å². The molecule has 66 valence electrons. The van der Waals surface area contributed by atoms with E-state index in [2.05, 4.69) is 11.9 Å². The van der Waals surface area contributed by atoms with Crippen LogP contribution in [0.1, 0.15) is 12.8 Å². The average Bonchev–Trinajstić information content (AvgIpc) is 2.05. The van der Waals surface area contributed by atoms with Crippen LogP contribution in [-0.2, 0) is 0 Å². The Morgan fingerprint density at radius 3 is 2.45 bits per heavy atom. The zero-order chi connectivity index (χ0) is 8.27. The van der Waals surface area contributed by atoms with Gasteiger partial charge in [-0.1, -0.05) is 0 Å². The van der Waals surface area contributed by atoms with E-state index in [4.69, 9.17) is 5.11 Å². The van der Waals surface area contributed by atoms with Crippen molar-refractivity contribution in [1.29, 1.82) is 0 Å². The van der Waals surface area contributed by atoms with Crippen molar-refractivity contribution in [1.82, 2.24) is 4.90 Å². The summed E-state index contributed by atoms with van der Waals surface area (Å²) in [6.45, 7) is 2.00. The second kappa shape index (κ2) is 4.04. The first kappa shape index (κ1) is 8.97. The summed E-state index contributed by atoms with van der Waals surface area (Å²) in [4.78, 5) is 2.25. The molecule has 0 aromatic rings. The molecule has 11 heavy (non-hydrogen) atoms. The summed E-state index contributed by atoms with van der Waals surface area (Å²) in [7, 11) is 2.08. The Morgan fingerprint density at radius 1 is 1.45 bits per heavy atom. The maximum absolute atomic E-state index is 9.30. The molecule has 2 N–H and O–H groups in total. The molecular weight excluding hydrogens is 142 g/mol. The van der Waals surface area contributed by atoms with E-state index >= 15 is 0 Å². The summed E-state index contributed by atoms with van der Waals surface area (Å²) in [5, 5.41) is 18.0. The van der Waals surface area contributed by atoms with Gasteiger partial charge in [-0.3, -0.25) is 0 Å². The molecule has 3 heteroatoms. The van der Waals surface area contributed by atoms with Gasteiger partial charge < -0.3 is 15.1 Å². The third-order valence-electron chi connectivity index (χ3n) is 2.49. The Bertz CT molecular complexity index is 111. The molecule has 1 unspecified atom stereocenters. The van der Waals surface area contributed by atoms with Crippen LogP contribution in [-0.4, -0.2) is 48.0 Å². The summed E-state index contributed by atoms with van der Waals surface area (Å²) in [6.07, 6.45) is 1.53. The summed E-state index contributed by atoms with van der Waals surface area (Å²) in [6, 6.07) is 0. The molecule has 1 aliphatic rings. The van der Waals surface area contributed by atoms with E-state index in [1.165, 1.54) is 0 Å². The Morgan fingerprint density at radius 2 is 2.00 bits per heavy atom. The van der Waals surface area contributed by atoms with Gasteiger partial charge in [0.2, 0.25) is 0 Å². The summed E-state index contributed by atoms with van der Waals surface area (Å²) in [5.41, 5.74) is 0. The predicted molar refractivity (Wildman–Crippen MR) is 43.3 cm³/mol. The monoisotopic (exact) mass is 159 g/mol. The van der Waals surface area contributed by atoms with Crippen molar-refractivity contribution in [3.8, 4) is 0 Å². The molecule has 0 amide bonds. The molecule has 1 atom stereocenters. The van der Waals surface area contributed by atoms with Gasteiger partial charge in [0, 0.05) is 0 Å². The van der Waals surface area contributed by atoms with Crippen molar-refractivity contribution in [2.24, 2.45) is 5.92 Å². The van der Waals surface area contributed by atoms with E-state index in [-0.39, 0.29) is 6.61 Å². The molecule has 0 aromatic carbocycles. The third kappa shape index (κ3) is 2.43. The standard InChI is InChI=1S/C8H17NO2/c1-9-4-2-7(3-5-9)8(11)6-10/h7-8,10-11H,2-6H2,1H3. The fourth-order valence-corrected chi connectivity index (χ4v) is 1.56. The third-order valence-corrected chi connectivity index (χ3v) is 2.49. The number of hydrogen-bond acceptors (Lipinski definition) is 3. The van der Waals surface area contributed by atoms with Crippen LogP contribution in [0.3, 0.4) is 0 Å². The lowest BCUT2D eigenvalue weighted by Gasteiger charge is -2.31. The van der Waals surface area contributed by atoms with E-state index in [1.807, 2.05) is 0 Å². The van der Waals surface area contributed by atoms with Crippen molar-refractivity contribution < 1.29 is 10.2 Å². The first-order valence-corrected chi connectivity index (χ1v) is 4.21. The number of nitrogens with zero attached hydrogens (tertiary/aromatic N) is 1. The minimum Gasteiger partial charge on any atom is -0.394 e. The van der Waals surface area contributed by atoms with Crippen LogP contribution in [0.15, 0.2) is 0 Å². The lowest BCUT2D eigenvalue weighted by atomic mass is 9.92. The topological polar surface area (TPSA) is 43.7 Å². The van der Waals surface area contributed by atoms with Gasteiger partial charge in [-0.05, 0) is 38.9 Å². The van der Waals surface area contributed by atoms with Gasteiger partial charge in [0.05, 0.1) is 12.7 Å². The van der Waals surface area contributed by atoms with E-state index < -0.39 is 6.10 Å². The van der Waals surface area contributed by atoms with Gasteiger partial charge >= 0.3 is 0 Å². The number of rotatable bonds is 2. The Hall–Kier alpha value is -0.120. The fourth-order valence-electron chi connectivity index (χ4n) is 1.56. The number of aliphatic hydroxyl groups is 2. The molecule has 0 aromatic heterocycles. The summed E-state index contributed by atoms with van der Waals surface area (Å²) >= 11 is 0. The van der Waals surface area contributed by atoms with Crippen molar-refractivity contribution in [3.63, 3.8) is 0 Å². The minimum absolute atomic E-state index is 0.0889. The number of aliphatic hydroxyl groups excluding tert-OH is 2. The van der Waals surface area contributed by atoms with Crippen LogP contribution in [0.5, 0.6) is 0 Å². The molecule has 0 saturated carbocycles. The summed E-state index contributed by atoms with van der Waals surface area (Å²) in [5.74, 6) is 0.316.